The molecule has 5 aliphatic rings. The number of carbonyl (C=O) groups is 5. The SMILES string of the molecule is CC#CCOc1cccc(-c2cc([C@]3(C)CC(=O)N(C)C(N)=N3)ccn2)c1.CC#Cc1c(-c2csc([C@]3(C)CC(=O)N(C)C(N)=N3)c2)cnnc1Br.CC#Cc1cccc(-c2cncc([C@]3(C)CC(=O)N(C)C(N)=N3)c2)c1.CC#Cc1cccc(-c2cncc([C@]3(C)CC(=O)N(C)C(N)=N3)n2)c1.CC#Cc1nncc(-c2csc([C@]3(C)CC(=O)N(C)C(N)=N3)c2)c1Br. The first-order valence-corrected chi connectivity index (χ1v) is 42.9. The number of aliphatic imine (C=N–C) groups is 5. The van der Waals surface area contributed by atoms with Crippen LogP contribution in [0.5, 0.6) is 5.75 Å². The van der Waals surface area contributed by atoms with Crippen molar-refractivity contribution in [3.05, 3.63) is 215 Å². The first kappa shape index (κ1) is 93.6. The number of carbonyl (C=O) groups excluding carboxylic acids is 5. The molecule has 0 aliphatic carbocycles. The van der Waals surface area contributed by atoms with Gasteiger partial charge >= 0.3 is 0 Å². The van der Waals surface area contributed by atoms with Crippen LogP contribution in [-0.4, -0.2) is 166 Å². The van der Waals surface area contributed by atoms with Crippen LogP contribution in [0.25, 0.3) is 55.9 Å². The van der Waals surface area contributed by atoms with Gasteiger partial charge in [-0.15, -0.1) is 56.6 Å². The Kier molecular flexibility index (Phi) is 29.6. The maximum atomic E-state index is 12.2. The number of ether oxygens (including phenoxy) is 1. The van der Waals surface area contributed by atoms with Crippen LogP contribution in [0.4, 0.5) is 0 Å². The van der Waals surface area contributed by atoms with Crippen LogP contribution in [0.15, 0.2) is 191 Å². The minimum absolute atomic E-state index is 0.0442. The molecule has 5 amide bonds. The Labute approximate surface area is 762 Å². The number of guanidine groups is 5. The summed E-state index contributed by atoms with van der Waals surface area (Å²) in [5.41, 5.74) is 40.6. The lowest BCUT2D eigenvalue weighted by atomic mass is 9.87. The largest absolute Gasteiger partial charge is 0.481 e. The molecule has 12 heterocycles. The highest BCUT2D eigenvalue weighted by molar-refractivity contribution is 9.10. The number of amides is 5. The maximum Gasteiger partial charge on any atom is 0.231 e. The normalized spacial score (nSPS) is 19.8. The molecular formula is C94H93Br2N23O6S2. The second-order valence-corrected chi connectivity index (χ2v) is 34.1. The molecule has 0 fully saturated rings. The summed E-state index contributed by atoms with van der Waals surface area (Å²) in [6, 6.07) is 33.3. The van der Waals surface area contributed by atoms with Gasteiger partial charge in [0.15, 0.2) is 35.5 Å². The fourth-order valence-corrected chi connectivity index (χ4v) is 16.7. The molecule has 5 atom stereocenters. The Balaban J connectivity index is 0.000000154. The second kappa shape index (κ2) is 40.2. The summed E-state index contributed by atoms with van der Waals surface area (Å²) in [5.74, 6) is 30.8. The number of benzene rings is 3. The fraction of sp³-hybridized carbons (Fsp3) is 0.277. The van der Waals surface area contributed by atoms with E-state index in [-0.39, 0.29) is 91.4 Å². The highest BCUT2D eigenvalue weighted by Crippen LogP contribution is 2.44. The quantitative estimate of drug-likeness (QED) is 0.0709. The van der Waals surface area contributed by atoms with Gasteiger partial charge in [-0.3, -0.25) is 63.4 Å². The zero-order chi connectivity index (χ0) is 91.9. The van der Waals surface area contributed by atoms with Crippen LogP contribution in [0.1, 0.15) is 150 Å². The van der Waals surface area contributed by atoms with Crippen LogP contribution >= 0.6 is 54.5 Å². The van der Waals surface area contributed by atoms with Gasteiger partial charge in [0.05, 0.1) is 95.1 Å². The molecule has 15 rings (SSSR count). The molecule has 127 heavy (non-hydrogen) atoms. The summed E-state index contributed by atoms with van der Waals surface area (Å²) in [4.78, 5) is 110. The van der Waals surface area contributed by atoms with E-state index in [1.807, 2.05) is 155 Å². The summed E-state index contributed by atoms with van der Waals surface area (Å²) in [7, 11) is 8.15. The minimum Gasteiger partial charge on any atom is -0.481 e. The van der Waals surface area contributed by atoms with Crippen LogP contribution in [0.3, 0.4) is 0 Å². The number of hydrogen-bond donors (Lipinski definition) is 5. The highest BCUT2D eigenvalue weighted by atomic mass is 79.9. The highest BCUT2D eigenvalue weighted by Gasteiger charge is 2.42. The van der Waals surface area contributed by atoms with E-state index in [1.54, 1.807) is 129 Å². The van der Waals surface area contributed by atoms with E-state index < -0.39 is 27.7 Å². The summed E-state index contributed by atoms with van der Waals surface area (Å²) in [6.07, 6.45) is 13.3. The average Bonchev–Trinajstić information content (AvgIpc) is 1.77. The number of halogens is 2. The number of nitrogens with zero attached hydrogens (tertiary/aromatic N) is 18. The third-order valence-corrected chi connectivity index (χ3v) is 25.0. The third kappa shape index (κ3) is 21.8. The summed E-state index contributed by atoms with van der Waals surface area (Å²) < 4.78 is 7.03. The Morgan fingerprint density at radius 2 is 0.890 bits per heavy atom. The van der Waals surface area contributed by atoms with Crippen molar-refractivity contribution in [3.63, 3.8) is 0 Å². The molecule has 7 aromatic heterocycles. The summed E-state index contributed by atoms with van der Waals surface area (Å²) in [5, 5.41) is 20.1. The van der Waals surface area contributed by atoms with E-state index in [0.29, 0.717) is 28.3 Å². The molecule has 10 N–H and O–H groups in total. The van der Waals surface area contributed by atoms with Crippen LogP contribution in [0, 0.1) is 59.2 Å². The summed E-state index contributed by atoms with van der Waals surface area (Å²) in [6.45, 7) is 18.8. The van der Waals surface area contributed by atoms with Gasteiger partial charge in [0.1, 0.15) is 33.6 Å². The number of pyridine rings is 2. The Bertz CT molecular complexity index is 6330. The van der Waals surface area contributed by atoms with Crippen molar-refractivity contribution in [1.29, 1.82) is 0 Å². The molecule has 5 aliphatic heterocycles. The van der Waals surface area contributed by atoms with Crippen LogP contribution in [-0.2, 0) is 51.7 Å². The van der Waals surface area contributed by atoms with E-state index >= 15 is 0 Å². The smallest absolute Gasteiger partial charge is 0.231 e. The molecule has 0 bridgehead atoms. The lowest BCUT2D eigenvalue weighted by Crippen LogP contribution is -2.47. The maximum absolute atomic E-state index is 12.2. The van der Waals surface area contributed by atoms with Crippen molar-refractivity contribution < 1.29 is 28.7 Å². The van der Waals surface area contributed by atoms with Crippen molar-refractivity contribution in [1.82, 2.24) is 64.8 Å². The number of rotatable bonds is 12. The molecule has 29 nitrogen and oxygen atoms in total. The third-order valence-electron chi connectivity index (χ3n) is 21.3. The predicted molar refractivity (Wildman–Crippen MR) is 504 cm³/mol. The van der Waals surface area contributed by atoms with E-state index in [1.165, 1.54) is 24.5 Å². The van der Waals surface area contributed by atoms with Crippen molar-refractivity contribution in [3.8, 4) is 121 Å². The lowest BCUT2D eigenvalue weighted by molar-refractivity contribution is -0.129. The molecule has 0 spiro atoms. The number of nitrogens with two attached hydrogens (primary N) is 5. The monoisotopic (exact) mass is 1860 g/mol. The molecule has 3 aromatic carbocycles. The first-order valence-electron chi connectivity index (χ1n) is 39.6. The molecule has 0 saturated heterocycles. The Morgan fingerprint density at radius 1 is 0.433 bits per heavy atom. The summed E-state index contributed by atoms with van der Waals surface area (Å²) >= 11 is 10.0. The predicted octanol–water partition coefficient (Wildman–Crippen LogP) is 12.4. The van der Waals surface area contributed by atoms with E-state index in [9.17, 15) is 24.0 Å². The molecular weight excluding hydrogens is 1770 g/mol. The molecule has 0 radical (unpaired) electrons. The molecule has 0 saturated carbocycles. The zero-order valence-corrected chi connectivity index (χ0v) is 77.5. The number of hydrogen-bond acceptors (Lipinski definition) is 26. The van der Waals surface area contributed by atoms with Gasteiger partial charge in [-0.2, -0.15) is 10.2 Å². The molecule has 0 unspecified atom stereocenters. The average molecular weight is 1860 g/mol. The standard InChI is InChI=1S/C21H22N4O2.C20H20N4O.C19H19N5O.2C17H16BrN5OS/c1-4-5-11-27-17-8-6-7-15(12-17)18-13-16(9-10-23-18)21(2)14-19(26)25(3)20(22)24-21;1-4-6-14-7-5-8-15(9-14)16-10-17(13-22-12-16)20(2)11-18(25)24(3)19(21)23-20;1-4-6-13-7-5-8-14(9-13)15-11-21-12-16(22-15)19(2)10-17(25)24(3)18(20)23-19;1-4-5-12-15(18)11(8-20-22-12)10-6-13(25-9-10)17(2)7-14(24)23(3)16(19)21-17;1-4-5-11-12(8-20-22-15(11)18)10-6-13(25-9-10)17(2)7-14(24)23(3)16(19)21-17/h6-10,12-13H,11,14H2,1-3H3,(H2,22,24);5,7-10,12-13H,11H2,1-3H3,(H2,21,23);5,7-9,11-12H,10H2,1-3H3,(H2,20,23);2*6,8-9H,7H2,1-3H3,(H2,19,21)/t21-;20-;19-;2*17-/m00000/s1. The van der Waals surface area contributed by atoms with Gasteiger partial charge in [0.2, 0.25) is 29.5 Å². The van der Waals surface area contributed by atoms with Crippen molar-refractivity contribution in [2.75, 3.05) is 41.8 Å². The van der Waals surface area contributed by atoms with Gasteiger partial charge in [-0.1, -0.05) is 66.0 Å². The molecule has 33 heteroatoms. The topological polar surface area (TPSA) is 406 Å². The van der Waals surface area contributed by atoms with Gasteiger partial charge in [-0.25, -0.2) is 29.9 Å². The number of aromatic nitrogens is 8. The van der Waals surface area contributed by atoms with Crippen LogP contribution in [0.2, 0.25) is 0 Å². The van der Waals surface area contributed by atoms with Crippen LogP contribution < -0.4 is 33.4 Å². The Morgan fingerprint density at radius 3 is 1.43 bits per heavy atom. The zero-order valence-electron chi connectivity index (χ0n) is 72.7. The van der Waals surface area contributed by atoms with Gasteiger partial charge in [0, 0.05) is 103 Å². The number of thiophene rings is 2. The second-order valence-electron chi connectivity index (χ2n) is 30.7. The van der Waals surface area contributed by atoms with E-state index in [4.69, 9.17) is 33.4 Å². The lowest BCUT2D eigenvalue weighted by Gasteiger charge is -2.33. The Hall–Kier alpha value is -14.1. The van der Waals surface area contributed by atoms with Gasteiger partial charge in [-0.05, 0) is 212 Å². The van der Waals surface area contributed by atoms with E-state index in [0.717, 1.165) is 98.0 Å². The van der Waals surface area contributed by atoms with Crippen molar-refractivity contribution in [2.45, 2.75) is 129 Å². The van der Waals surface area contributed by atoms with Crippen molar-refractivity contribution in [2.24, 2.45) is 53.6 Å². The minimum atomic E-state index is -0.822. The molecule has 10 aromatic rings. The van der Waals surface area contributed by atoms with Gasteiger partial charge < -0.3 is 33.4 Å². The fourth-order valence-electron chi connectivity index (χ4n) is 13.8. The molecule has 646 valence electrons. The van der Waals surface area contributed by atoms with Gasteiger partial charge in [0.25, 0.3) is 0 Å². The van der Waals surface area contributed by atoms with Crippen molar-refractivity contribution >= 4 is 114 Å². The first-order chi connectivity index (χ1) is 60.5. The van der Waals surface area contributed by atoms with E-state index in [2.05, 4.69) is 156 Å².